The summed E-state index contributed by atoms with van der Waals surface area (Å²) in [7, 11) is 3.07. The lowest BCUT2D eigenvalue weighted by Crippen LogP contribution is -2.51. The Morgan fingerprint density at radius 1 is 1.16 bits per heavy atom. The quantitative estimate of drug-likeness (QED) is 0.636. The number of anilines is 2. The van der Waals surface area contributed by atoms with E-state index in [1.165, 1.54) is 7.11 Å². The summed E-state index contributed by atoms with van der Waals surface area (Å²) in [6.07, 6.45) is 1.37. The van der Waals surface area contributed by atoms with Crippen molar-refractivity contribution in [3.05, 3.63) is 12.1 Å². The van der Waals surface area contributed by atoms with Crippen LogP contribution in [0.5, 0.6) is 11.5 Å². The highest BCUT2D eigenvalue weighted by Gasteiger charge is 2.31. The molecule has 2 saturated heterocycles. The van der Waals surface area contributed by atoms with Crippen LogP contribution in [0.25, 0.3) is 10.9 Å². The minimum absolute atomic E-state index is 0.0437. The number of fused-ring (bicyclic) bond motifs is 1. The van der Waals surface area contributed by atoms with E-state index >= 15 is 0 Å². The molecule has 0 radical (unpaired) electrons. The van der Waals surface area contributed by atoms with Crippen LogP contribution in [0, 0.1) is 0 Å². The van der Waals surface area contributed by atoms with Crippen molar-refractivity contribution in [3.8, 4) is 11.5 Å². The number of aliphatic carboxylic acids is 1. The van der Waals surface area contributed by atoms with Gasteiger partial charge < -0.3 is 34.4 Å². The largest absolute Gasteiger partial charge is 0.493 e. The molecule has 4 rings (SSSR count). The smallest absolute Gasteiger partial charge is 0.322 e. The molecule has 1 atom stereocenters. The average molecular weight is 445 g/mol. The number of nitrogens with one attached hydrogen (secondary N) is 1. The second kappa shape index (κ2) is 9.43. The van der Waals surface area contributed by atoms with E-state index in [1.807, 2.05) is 9.80 Å². The third-order valence-corrected chi connectivity index (χ3v) is 5.68. The molecule has 3 heterocycles. The van der Waals surface area contributed by atoms with Crippen LogP contribution < -0.4 is 19.7 Å². The zero-order chi connectivity index (χ0) is 22.7. The molecule has 0 spiro atoms. The molecule has 0 bridgehead atoms. The number of hydrogen-bond donors (Lipinski definition) is 2. The van der Waals surface area contributed by atoms with Gasteiger partial charge in [-0.3, -0.25) is 9.59 Å². The lowest BCUT2D eigenvalue weighted by molar-refractivity contribution is -0.141. The van der Waals surface area contributed by atoms with E-state index in [0.717, 1.165) is 12.8 Å². The topological polar surface area (TPSA) is 126 Å². The van der Waals surface area contributed by atoms with Gasteiger partial charge in [-0.1, -0.05) is 0 Å². The van der Waals surface area contributed by atoms with E-state index in [1.54, 1.807) is 19.2 Å². The highest BCUT2D eigenvalue weighted by Crippen LogP contribution is 2.35. The number of carboxylic acid groups (broad SMARTS) is 1. The van der Waals surface area contributed by atoms with Crippen LogP contribution in [0.15, 0.2) is 12.1 Å². The van der Waals surface area contributed by atoms with Gasteiger partial charge in [0.2, 0.25) is 5.95 Å². The van der Waals surface area contributed by atoms with Gasteiger partial charge in [0, 0.05) is 44.2 Å². The number of methoxy groups -OCH3 is 2. The van der Waals surface area contributed by atoms with E-state index < -0.39 is 5.97 Å². The minimum Gasteiger partial charge on any atom is -0.493 e. The molecule has 2 aromatic rings. The maximum atomic E-state index is 12.6. The Morgan fingerprint density at radius 2 is 1.88 bits per heavy atom. The maximum absolute atomic E-state index is 12.6. The predicted molar refractivity (Wildman–Crippen MR) is 117 cm³/mol. The van der Waals surface area contributed by atoms with Crippen LogP contribution in [0.2, 0.25) is 0 Å². The summed E-state index contributed by atoms with van der Waals surface area (Å²) < 4.78 is 16.3. The van der Waals surface area contributed by atoms with Crippen LogP contribution in [0.1, 0.15) is 12.8 Å². The second-order valence-electron chi connectivity index (χ2n) is 7.66. The molecule has 32 heavy (non-hydrogen) atoms. The molecule has 11 nitrogen and oxygen atoms in total. The summed E-state index contributed by atoms with van der Waals surface area (Å²) in [4.78, 5) is 36.8. The molecule has 2 aliphatic heterocycles. The monoisotopic (exact) mass is 445 g/mol. The Balaban J connectivity index is 1.59. The van der Waals surface area contributed by atoms with Crippen molar-refractivity contribution < 1.29 is 28.9 Å². The Morgan fingerprint density at radius 3 is 2.50 bits per heavy atom. The van der Waals surface area contributed by atoms with Gasteiger partial charge in [0.1, 0.15) is 18.5 Å². The third kappa shape index (κ3) is 4.47. The lowest BCUT2D eigenvalue weighted by Gasteiger charge is -2.36. The number of piperazine rings is 1. The van der Waals surface area contributed by atoms with E-state index in [4.69, 9.17) is 19.3 Å². The number of hydrogen-bond acceptors (Lipinski definition) is 9. The van der Waals surface area contributed by atoms with Crippen LogP contribution in [0.4, 0.5) is 11.8 Å². The summed E-state index contributed by atoms with van der Waals surface area (Å²) >= 11 is 0. The highest BCUT2D eigenvalue weighted by atomic mass is 16.5. The fraction of sp³-hybridized carbons (Fsp3) is 0.524. The number of carbonyl (C=O) groups is 2. The molecule has 11 heteroatoms. The third-order valence-electron chi connectivity index (χ3n) is 5.68. The Hall–Kier alpha value is -3.34. The van der Waals surface area contributed by atoms with Crippen molar-refractivity contribution in [1.29, 1.82) is 0 Å². The van der Waals surface area contributed by atoms with Crippen molar-refractivity contribution in [2.45, 2.75) is 18.9 Å². The van der Waals surface area contributed by atoms with Gasteiger partial charge in [0.05, 0.1) is 19.7 Å². The number of carboxylic acids is 1. The summed E-state index contributed by atoms with van der Waals surface area (Å²) in [5.74, 6) is 0.909. The Kier molecular flexibility index (Phi) is 6.45. The van der Waals surface area contributed by atoms with Crippen LogP contribution in [0.3, 0.4) is 0 Å². The van der Waals surface area contributed by atoms with Crippen molar-refractivity contribution >= 4 is 34.5 Å². The molecule has 2 aliphatic rings. The van der Waals surface area contributed by atoms with E-state index in [-0.39, 0.29) is 18.6 Å². The first-order valence-corrected chi connectivity index (χ1v) is 10.5. The van der Waals surface area contributed by atoms with Crippen molar-refractivity contribution in [3.63, 3.8) is 0 Å². The highest BCUT2D eigenvalue weighted by molar-refractivity contribution is 5.93. The van der Waals surface area contributed by atoms with E-state index in [0.29, 0.717) is 67.0 Å². The first-order chi connectivity index (χ1) is 15.5. The normalized spacial score (nSPS) is 18.6. The first kappa shape index (κ1) is 21.9. The number of rotatable bonds is 7. The fourth-order valence-corrected chi connectivity index (χ4v) is 3.98. The van der Waals surface area contributed by atoms with E-state index in [2.05, 4.69) is 15.3 Å². The summed E-state index contributed by atoms with van der Waals surface area (Å²) in [6.45, 7) is 2.57. The predicted octanol–water partition coefficient (Wildman–Crippen LogP) is 0.971. The molecule has 2 fully saturated rings. The van der Waals surface area contributed by atoms with Gasteiger partial charge in [-0.25, -0.2) is 4.98 Å². The standard InChI is InChI=1S/C21H27N5O6/c1-30-16-10-13-14(11-17(16)31-2)23-21(24-19(13)22-12-18(27)28)26-7-5-25(6-8-26)20(29)15-4-3-9-32-15/h10-11,15H,3-9,12H2,1-2H3,(H,27,28)(H,22,23,24). The molecule has 1 aromatic heterocycles. The zero-order valence-electron chi connectivity index (χ0n) is 18.2. The fourth-order valence-electron chi connectivity index (χ4n) is 3.98. The zero-order valence-corrected chi connectivity index (χ0v) is 18.2. The SMILES string of the molecule is COc1cc2nc(N3CCN(C(=O)C4CCCO4)CC3)nc(NCC(=O)O)c2cc1OC. The molecule has 1 amide bonds. The van der Waals surface area contributed by atoms with Gasteiger partial charge >= 0.3 is 5.97 Å². The second-order valence-corrected chi connectivity index (χ2v) is 7.66. The molecule has 172 valence electrons. The van der Waals surface area contributed by atoms with Gasteiger partial charge in [-0.05, 0) is 18.9 Å². The van der Waals surface area contributed by atoms with Crippen molar-refractivity contribution in [2.75, 3.05) is 63.8 Å². The number of amides is 1. The maximum Gasteiger partial charge on any atom is 0.322 e. The van der Waals surface area contributed by atoms with Gasteiger partial charge in [0.25, 0.3) is 5.91 Å². The van der Waals surface area contributed by atoms with Crippen molar-refractivity contribution in [2.24, 2.45) is 0 Å². The van der Waals surface area contributed by atoms with Gasteiger partial charge in [-0.2, -0.15) is 4.98 Å². The van der Waals surface area contributed by atoms with Crippen molar-refractivity contribution in [1.82, 2.24) is 14.9 Å². The minimum atomic E-state index is -1.000. The molecule has 0 aliphatic carbocycles. The van der Waals surface area contributed by atoms with Crippen LogP contribution in [-0.2, 0) is 14.3 Å². The molecular weight excluding hydrogens is 418 g/mol. The average Bonchev–Trinajstić information content (AvgIpc) is 3.36. The van der Waals surface area contributed by atoms with Crippen LogP contribution >= 0.6 is 0 Å². The lowest BCUT2D eigenvalue weighted by atomic mass is 10.2. The number of benzene rings is 1. The number of ether oxygens (including phenoxy) is 3. The first-order valence-electron chi connectivity index (χ1n) is 10.5. The molecule has 2 N–H and O–H groups in total. The molecule has 0 saturated carbocycles. The van der Waals surface area contributed by atoms with Gasteiger partial charge in [0.15, 0.2) is 11.5 Å². The Labute approximate surface area is 185 Å². The molecular formula is C21H27N5O6. The van der Waals surface area contributed by atoms with Gasteiger partial charge in [-0.15, -0.1) is 0 Å². The summed E-state index contributed by atoms with van der Waals surface area (Å²) in [5.41, 5.74) is 0.596. The summed E-state index contributed by atoms with van der Waals surface area (Å²) in [5, 5.41) is 12.6. The summed E-state index contributed by atoms with van der Waals surface area (Å²) in [6, 6.07) is 3.46. The van der Waals surface area contributed by atoms with Crippen LogP contribution in [-0.4, -0.2) is 91.5 Å². The number of aromatic nitrogens is 2. The molecule has 1 unspecified atom stereocenters. The Bertz CT molecular complexity index is 1000. The molecule has 1 aromatic carbocycles. The number of nitrogens with zero attached hydrogens (tertiary/aromatic N) is 4. The van der Waals surface area contributed by atoms with E-state index in [9.17, 15) is 9.59 Å². The number of carbonyl (C=O) groups excluding carboxylic acids is 1.